The van der Waals surface area contributed by atoms with E-state index in [2.05, 4.69) is 17.5 Å². The van der Waals surface area contributed by atoms with Crippen LogP contribution in [0.2, 0.25) is 5.02 Å². The Morgan fingerprint density at radius 3 is 2.91 bits per heavy atom. The second-order valence-electron chi connectivity index (χ2n) is 6.80. The minimum Gasteiger partial charge on any atom is -0.454 e. The van der Waals surface area contributed by atoms with E-state index in [1.807, 2.05) is 0 Å². The molecule has 1 heterocycles. The SMILES string of the molecule is C[C@@]12CCCC[C@@H]1[C@@H]2C(=O)N/N=C\c1cc2c(cc1Cl)OCO2. The van der Waals surface area contributed by atoms with E-state index in [1.54, 1.807) is 18.3 Å². The van der Waals surface area contributed by atoms with Gasteiger partial charge in [-0.15, -0.1) is 0 Å². The van der Waals surface area contributed by atoms with Crippen molar-refractivity contribution < 1.29 is 14.3 Å². The summed E-state index contributed by atoms with van der Waals surface area (Å²) in [5.41, 5.74) is 3.55. The van der Waals surface area contributed by atoms with Crippen LogP contribution in [-0.2, 0) is 4.79 Å². The van der Waals surface area contributed by atoms with E-state index < -0.39 is 0 Å². The fraction of sp³-hybridized carbons (Fsp3) is 0.529. The average Bonchev–Trinajstić information content (AvgIpc) is 2.91. The Bertz CT molecular complexity index is 691. The number of rotatable bonds is 3. The molecule has 23 heavy (non-hydrogen) atoms. The minimum absolute atomic E-state index is 0.0208. The van der Waals surface area contributed by atoms with Gasteiger partial charge in [0.1, 0.15) is 0 Å². The third-order valence-electron chi connectivity index (χ3n) is 5.48. The van der Waals surface area contributed by atoms with E-state index in [-0.39, 0.29) is 24.0 Å². The summed E-state index contributed by atoms with van der Waals surface area (Å²) >= 11 is 6.18. The van der Waals surface area contributed by atoms with Crippen LogP contribution in [0, 0.1) is 17.3 Å². The van der Waals surface area contributed by atoms with Crippen LogP contribution in [0.25, 0.3) is 0 Å². The molecule has 0 spiro atoms. The van der Waals surface area contributed by atoms with Crippen LogP contribution >= 0.6 is 11.6 Å². The van der Waals surface area contributed by atoms with Crippen LogP contribution in [0.3, 0.4) is 0 Å². The third kappa shape index (κ3) is 2.47. The van der Waals surface area contributed by atoms with Crippen LogP contribution in [-0.4, -0.2) is 18.9 Å². The lowest BCUT2D eigenvalue weighted by Crippen LogP contribution is -2.22. The van der Waals surface area contributed by atoms with E-state index in [4.69, 9.17) is 21.1 Å². The van der Waals surface area contributed by atoms with Gasteiger partial charge in [-0.1, -0.05) is 31.4 Å². The highest BCUT2D eigenvalue weighted by Gasteiger charge is 2.64. The van der Waals surface area contributed by atoms with Gasteiger partial charge in [-0.3, -0.25) is 4.79 Å². The maximum atomic E-state index is 12.3. The number of amides is 1. The van der Waals surface area contributed by atoms with Gasteiger partial charge in [0.05, 0.1) is 11.2 Å². The number of halogens is 1. The van der Waals surface area contributed by atoms with Crippen LogP contribution in [0.15, 0.2) is 17.2 Å². The van der Waals surface area contributed by atoms with E-state index in [0.29, 0.717) is 28.0 Å². The molecule has 4 rings (SSSR count). The molecule has 3 aliphatic rings. The van der Waals surface area contributed by atoms with Crippen molar-refractivity contribution in [3.05, 3.63) is 22.7 Å². The molecule has 5 nitrogen and oxygen atoms in total. The number of fused-ring (bicyclic) bond motifs is 2. The van der Waals surface area contributed by atoms with Crippen molar-refractivity contribution in [2.75, 3.05) is 6.79 Å². The molecule has 1 aromatic carbocycles. The van der Waals surface area contributed by atoms with E-state index >= 15 is 0 Å². The predicted molar refractivity (Wildman–Crippen MR) is 86.9 cm³/mol. The monoisotopic (exact) mass is 334 g/mol. The summed E-state index contributed by atoms with van der Waals surface area (Å²) in [5.74, 6) is 1.93. The Labute approximate surface area is 140 Å². The molecule has 1 N–H and O–H groups in total. The zero-order valence-corrected chi connectivity index (χ0v) is 13.7. The fourth-order valence-electron chi connectivity index (χ4n) is 4.12. The van der Waals surface area contributed by atoms with Gasteiger partial charge in [0.25, 0.3) is 0 Å². The molecule has 2 fully saturated rings. The van der Waals surface area contributed by atoms with Crippen molar-refractivity contribution in [3.63, 3.8) is 0 Å². The number of ether oxygens (including phenoxy) is 2. The van der Waals surface area contributed by atoms with E-state index in [0.717, 1.165) is 12.8 Å². The molecular formula is C17H19ClN2O3. The number of carbonyl (C=O) groups is 1. The summed E-state index contributed by atoms with van der Waals surface area (Å²) in [7, 11) is 0. The van der Waals surface area contributed by atoms with Crippen molar-refractivity contribution in [1.29, 1.82) is 0 Å². The van der Waals surface area contributed by atoms with Gasteiger partial charge < -0.3 is 9.47 Å². The fourth-order valence-corrected chi connectivity index (χ4v) is 4.32. The molecule has 2 saturated carbocycles. The molecule has 1 aliphatic heterocycles. The number of hydrazone groups is 1. The Hall–Kier alpha value is -1.75. The zero-order valence-electron chi connectivity index (χ0n) is 13.0. The van der Waals surface area contributed by atoms with Crippen LogP contribution in [0.5, 0.6) is 11.5 Å². The van der Waals surface area contributed by atoms with Crippen molar-refractivity contribution in [2.24, 2.45) is 22.4 Å². The van der Waals surface area contributed by atoms with Gasteiger partial charge in [0.15, 0.2) is 11.5 Å². The maximum absolute atomic E-state index is 12.3. The van der Waals surface area contributed by atoms with E-state index in [1.165, 1.54) is 12.8 Å². The highest BCUT2D eigenvalue weighted by atomic mass is 35.5. The van der Waals surface area contributed by atoms with Gasteiger partial charge in [-0.25, -0.2) is 5.43 Å². The number of nitrogens with one attached hydrogen (secondary N) is 1. The van der Waals surface area contributed by atoms with Crippen molar-refractivity contribution in [3.8, 4) is 11.5 Å². The van der Waals surface area contributed by atoms with Gasteiger partial charge in [-0.05, 0) is 30.2 Å². The van der Waals surface area contributed by atoms with Crippen LogP contribution < -0.4 is 14.9 Å². The molecule has 6 heteroatoms. The molecule has 1 aromatic rings. The molecule has 122 valence electrons. The summed E-state index contributed by atoms with van der Waals surface area (Å²) in [4.78, 5) is 12.3. The quantitative estimate of drug-likeness (QED) is 0.681. The first-order valence-electron chi connectivity index (χ1n) is 8.02. The number of benzene rings is 1. The Morgan fingerprint density at radius 1 is 1.39 bits per heavy atom. The highest BCUT2D eigenvalue weighted by molar-refractivity contribution is 6.33. The van der Waals surface area contributed by atoms with Crippen LogP contribution in [0.1, 0.15) is 38.2 Å². The zero-order chi connectivity index (χ0) is 16.0. The van der Waals surface area contributed by atoms with Crippen molar-refractivity contribution in [2.45, 2.75) is 32.6 Å². The van der Waals surface area contributed by atoms with Crippen LogP contribution in [0.4, 0.5) is 0 Å². The molecule has 0 unspecified atom stereocenters. The standard InChI is InChI=1S/C17H19ClN2O3/c1-17-5-3-2-4-11(17)15(17)16(21)20-19-8-10-6-13-14(7-12(10)18)23-9-22-13/h6-8,11,15H,2-5,9H2,1H3,(H,20,21)/b19-8-/t11-,15-,17-/m1/s1. The Balaban J connectivity index is 1.41. The van der Waals surface area contributed by atoms with Gasteiger partial charge >= 0.3 is 0 Å². The van der Waals surface area contributed by atoms with Crippen molar-refractivity contribution >= 4 is 23.7 Å². The smallest absolute Gasteiger partial charge is 0.244 e. The number of hydrogen-bond donors (Lipinski definition) is 1. The molecule has 0 saturated heterocycles. The summed E-state index contributed by atoms with van der Waals surface area (Å²) < 4.78 is 10.6. The maximum Gasteiger partial charge on any atom is 0.244 e. The summed E-state index contributed by atoms with van der Waals surface area (Å²) in [6, 6.07) is 3.46. The molecule has 3 atom stereocenters. The lowest BCUT2D eigenvalue weighted by atomic mass is 9.90. The Kier molecular flexibility index (Phi) is 3.48. The van der Waals surface area contributed by atoms with Gasteiger partial charge in [-0.2, -0.15) is 5.10 Å². The normalized spacial score (nSPS) is 31.0. The van der Waals surface area contributed by atoms with Gasteiger partial charge in [0, 0.05) is 17.5 Å². The number of carbonyl (C=O) groups excluding carboxylic acids is 1. The lowest BCUT2D eigenvalue weighted by molar-refractivity contribution is -0.123. The first-order valence-corrected chi connectivity index (χ1v) is 8.39. The molecular weight excluding hydrogens is 316 g/mol. The highest BCUT2D eigenvalue weighted by Crippen LogP contribution is 2.66. The average molecular weight is 335 g/mol. The largest absolute Gasteiger partial charge is 0.454 e. The minimum atomic E-state index is 0.0208. The number of nitrogens with zero attached hydrogens (tertiary/aromatic N) is 1. The Morgan fingerprint density at radius 2 is 2.17 bits per heavy atom. The predicted octanol–water partition coefficient (Wildman–Crippen LogP) is 3.35. The third-order valence-corrected chi connectivity index (χ3v) is 5.81. The molecule has 0 radical (unpaired) electrons. The summed E-state index contributed by atoms with van der Waals surface area (Å²) in [6.45, 7) is 2.42. The first-order chi connectivity index (χ1) is 11.1. The topological polar surface area (TPSA) is 59.9 Å². The van der Waals surface area contributed by atoms with Crippen molar-refractivity contribution in [1.82, 2.24) is 5.43 Å². The van der Waals surface area contributed by atoms with E-state index in [9.17, 15) is 4.79 Å². The lowest BCUT2D eigenvalue weighted by Gasteiger charge is -2.15. The molecule has 2 aliphatic carbocycles. The van der Waals surface area contributed by atoms with Gasteiger partial charge in [0.2, 0.25) is 12.7 Å². The molecule has 1 amide bonds. The molecule has 0 aromatic heterocycles. The summed E-state index contributed by atoms with van der Waals surface area (Å²) in [6.07, 6.45) is 6.32. The number of hydrogen-bond acceptors (Lipinski definition) is 4. The second kappa shape index (κ2) is 5.41. The second-order valence-corrected chi connectivity index (χ2v) is 7.20. The summed E-state index contributed by atoms with van der Waals surface area (Å²) in [5, 5.41) is 4.59. The first kappa shape index (κ1) is 14.8. The molecule has 0 bridgehead atoms.